The molecule has 1 unspecified atom stereocenters. The molecule has 0 N–H and O–H groups in total. The van der Waals surface area contributed by atoms with Gasteiger partial charge < -0.3 is 14.4 Å². The molecule has 0 saturated carbocycles. The standard InChI is InChI=1S/C18H22F2N2O3/c1-17(2,3)25-16(23)22-9-8-15(18(19,20)12-22)24-11-14-6-4-13(10-21)5-7-14/h4-7,15H,8-9,11-12H2,1-3H3. The molecule has 2 rings (SSSR count). The van der Waals surface area contributed by atoms with Gasteiger partial charge in [0, 0.05) is 6.54 Å². The molecule has 0 radical (unpaired) electrons. The number of hydrogen-bond acceptors (Lipinski definition) is 4. The number of ether oxygens (including phenoxy) is 2. The zero-order valence-electron chi connectivity index (χ0n) is 14.6. The van der Waals surface area contributed by atoms with Gasteiger partial charge in [0.05, 0.1) is 24.8 Å². The van der Waals surface area contributed by atoms with E-state index >= 15 is 0 Å². The van der Waals surface area contributed by atoms with E-state index in [0.717, 1.165) is 4.90 Å². The number of rotatable bonds is 3. The first kappa shape index (κ1) is 19.1. The number of carbonyl (C=O) groups excluding carboxylic acids is 1. The van der Waals surface area contributed by atoms with Crippen molar-refractivity contribution in [1.29, 1.82) is 5.26 Å². The highest BCUT2D eigenvalue weighted by Crippen LogP contribution is 2.31. The molecular formula is C18H22F2N2O3. The van der Waals surface area contributed by atoms with Crippen LogP contribution in [0.5, 0.6) is 0 Å². The Morgan fingerprint density at radius 2 is 2.00 bits per heavy atom. The van der Waals surface area contributed by atoms with Crippen LogP contribution in [-0.2, 0) is 16.1 Å². The summed E-state index contributed by atoms with van der Waals surface area (Å²) in [6.07, 6.45) is -1.97. The van der Waals surface area contributed by atoms with Crippen LogP contribution in [0.4, 0.5) is 13.6 Å². The highest BCUT2D eigenvalue weighted by atomic mass is 19.3. The van der Waals surface area contributed by atoms with Gasteiger partial charge in [-0.2, -0.15) is 5.26 Å². The van der Waals surface area contributed by atoms with Crippen LogP contribution in [-0.4, -0.2) is 41.7 Å². The van der Waals surface area contributed by atoms with Gasteiger partial charge in [0.1, 0.15) is 11.7 Å². The third kappa shape index (κ3) is 5.40. The molecule has 1 amide bonds. The number of nitriles is 1. The Labute approximate surface area is 146 Å². The van der Waals surface area contributed by atoms with Crippen LogP contribution in [0.25, 0.3) is 0 Å². The summed E-state index contributed by atoms with van der Waals surface area (Å²) in [5.74, 6) is -3.15. The van der Waals surface area contributed by atoms with Crippen LogP contribution >= 0.6 is 0 Å². The number of carbonyl (C=O) groups is 1. The molecular weight excluding hydrogens is 330 g/mol. The SMILES string of the molecule is CC(C)(C)OC(=O)N1CCC(OCc2ccc(C#N)cc2)C(F)(F)C1. The monoisotopic (exact) mass is 352 g/mol. The molecule has 1 heterocycles. The van der Waals surface area contributed by atoms with Crippen molar-refractivity contribution in [2.75, 3.05) is 13.1 Å². The Hall–Kier alpha value is -2.20. The van der Waals surface area contributed by atoms with Crippen molar-refractivity contribution in [2.45, 2.75) is 51.4 Å². The molecule has 25 heavy (non-hydrogen) atoms. The second-order valence-corrected chi connectivity index (χ2v) is 7.06. The van der Waals surface area contributed by atoms with Crippen molar-refractivity contribution >= 4 is 6.09 Å². The highest BCUT2D eigenvalue weighted by Gasteiger charge is 2.47. The van der Waals surface area contributed by atoms with Gasteiger partial charge >= 0.3 is 6.09 Å². The Morgan fingerprint density at radius 1 is 1.36 bits per heavy atom. The number of halogens is 2. The van der Waals surface area contributed by atoms with E-state index in [1.165, 1.54) is 0 Å². The van der Waals surface area contributed by atoms with Crippen LogP contribution in [0.3, 0.4) is 0 Å². The van der Waals surface area contributed by atoms with Crippen molar-refractivity contribution in [1.82, 2.24) is 4.90 Å². The average Bonchev–Trinajstić information content (AvgIpc) is 2.52. The van der Waals surface area contributed by atoms with Gasteiger partial charge in [-0.1, -0.05) is 12.1 Å². The van der Waals surface area contributed by atoms with Gasteiger partial charge in [0.15, 0.2) is 0 Å². The average molecular weight is 352 g/mol. The fraction of sp³-hybridized carbons (Fsp3) is 0.556. The lowest BCUT2D eigenvalue weighted by Crippen LogP contribution is -2.55. The van der Waals surface area contributed by atoms with Crippen LogP contribution in [0.1, 0.15) is 38.3 Å². The number of likely N-dealkylation sites (tertiary alicyclic amines) is 1. The maximum atomic E-state index is 14.3. The molecule has 1 aromatic carbocycles. The van der Waals surface area contributed by atoms with Crippen molar-refractivity contribution in [3.05, 3.63) is 35.4 Å². The molecule has 0 bridgehead atoms. The Balaban J connectivity index is 1.91. The normalized spacial score (nSPS) is 20.0. The molecule has 1 fully saturated rings. The Kier molecular flexibility index (Phi) is 5.63. The van der Waals surface area contributed by atoms with Gasteiger partial charge in [-0.25, -0.2) is 13.6 Å². The third-order valence-electron chi connectivity index (χ3n) is 3.72. The van der Waals surface area contributed by atoms with Gasteiger partial charge in [0.2, 0.25) is 0 Å². The number of nitrogens with zero attached hydrogens (tertiary/aromatic N) is 2. The first-order chi connectivity index (χ1) is 11.6. The number of hydrogen-bond donors (Lipinski definition) is 0. The van der Waals surface area contributed by atoms with Crippen LogP contribution in [0.15, 0.2) is 24.3 Å². The van der Waals surface area contributed by atoms with E-state index in [2.05, 4.69) is 0 Å². The summed E-state index contributed by atoms with van der Waals surface area (Å²) < 4.78 is 39.2. The van der Waals surface area contributed by atoms with Crippen molar-refractivity contribution in [2.24, 2.45) is 0 Å². The molecule has 1 aliphatic heterocycles. The third-order valence-corrected chi connectivity index (χ3v) is 3.72. The summed E-state index contributed by atoms with van der Waals surface area (Å²) in [5, 5.41) is 8.75. The van der Waals surface area contributed by atoms with E-state index in [0.29, 0.717) is 11.1 Å². The molecule has 136 valence electrons. The second kappa shape index (κ2) is 7.36. The fourth-order valence-corrected chi connectivity index (χ4v) is 2.48. The first-order valence-electron chi connectivity index (χ1n) is 8.07. The van der Waals surface area contributed by atoms with Gasteiger partial charge in [0.25, 0.3) is 5.92 Å². The van der Waals surface area contributed by atoms with E-state index < -0.39 is 30.3 Å². The number of amides is 1. The summed E-state index contributed by atoms with van der Waals surface area (Å²) in [6, 6.07) is 8.57. The lowest BCUT2D eigenvalue weighted by Gasteiger charge is -2.38. The maximum Gasteiger partial charge on any atom is 0.410 e. The lowest BCUT2D eigenvalue weighted by atomic mass is 10.0. The van der Waals surface area contributed by atoms with Gasteiger partial charge in [-0.3, -0.25) is 0 Å². The molecule has 5 nitrogen and oxygen atoms in total. The quantitative estimate of drug-likeness (QED) is 0.832. The van der Waals surface area contributed by atoms with Gasteiger partial charge in [-0.15, -0.1) is 0 Å². The van der Waals surface area contributed by atoms with E-state index in [4.69, 9.17) is 14.7 Å². The molecule has 0 spiro atoms. The molecule has 1 saturated heterocycles. The summed E-state index contributed by atoms with van der Waals surface area (Å²) in [4.78, 5) is 13.0. The smallest absolute Gasteiger partial charge is 0.410 e. The number of alkyl halides is 2. The summed E-state index contributed by atoms with van der Waals surface area (Å²) in [5.41, 5.74) is 0.485. The van der Waals surface area contributed by atoms with Crippen molar-refractivity contribution in [3.63, 3.8) is 0 Å². The fourth-order valence-electron chi connectivity index (χ4n) is 2.48. The van der Waals surface area contributed by atoms with Crippen molar-refractivity contribution in [3.8, 4) is 6.07 Å². The van der Waals surface area contributed by atoms with E-state index in [1.807, 2.05) is 6.07 Å². The van der Waals surface area contributed by atoms with Crippen molar-refractivity contribution < 1.29 is 23.0 Å². The minimum Gasteiger partial charge on any atom is -0.444 e. The number of piperidine rings is 1. The molecule has 1 aliphatic rings. The topological polar surface area (TPSA) is 62.6 Å². The highest BCUT2D eigenvalue weighted by molar-refractivity contribution is 5.68. The number of benzene rings is 1. The van der Waals surface area contributed by atoms with Crippen LogP contribution < -0.4 is 0 Å². The summed E-state index contributed by atoms with van der Waals surface area (Å²) >= 11 is 0. The minimum atomic E-state index is -3.15. The maximum absolute atomic E-state index is 14.3. The lowest BCUT2D eigenvalue weighted by molar-refractivity contribution is -0.174. The summed E-state index contributed by atoms with van der Waals surface area (Å²) in [6.45, 7) is 4.53. The van der Waals surface area contributed by atoms with Crippen LogP contribution in [0.2, 0.25) is 0 Å². The molecule has 1 atom stereocenters. The Bertz CT molecular complexity index is 648. The van der Waals surface area contributed by atoms with E-state index in [1.54, 1.807) is 45.0 Å². The summed E-state index contributed by atoms with van der Waals surface area (Å²) in [7, 11) is 0. The predicted octanol–water partition coefficient (Wildman–Crippen LogP) is 3.72. The molecule has 7 heteroatoms. The Morgan fingerprint density at radius 3 is 2.52 bits per heavy atom. The zero-order valence-corrected chi connectivity index (χ0v) is 14.6. The van der Waals surface area contributed by atoms with Crippen LogP contribution in [0, 0.1) is 11.3 Å². The predicted molar refractivity (Wildman–Crippen MR) is 87.1 cm³/mol. The minimum absolute atomic E-state index is 0.0262. The molecule has 0 aliphatic carbocycles. The zero-order chi connectivity index (χ0) is 18.7. The van der Waals surface area contributed by atoms with E-state index in [9.17, 15) is 13.6 Å². The van der Waals surface area contributed by atoms with Gasteiger partial charge in [-0.05, 0) is 44.9 Å². The molecule has 1 aromatic rings. The molecule has 0 aromatic heterocycles. The first-order valence-corrected chi connectivity index (χ1v) is 8.07. The second-order valence-electron chi connectivity index (χ2n) is 7.06. The van der Waals surface area contributed by atoms with E-state index in [-0.39, 0.29) is 19.6 Å². The largest absolute Gasteiger partial charge is 0.444 e.